The first kappa shape index (κ1) is 11.6. The van der Waals surface area contributed by atoms with Crippen molar-refractivity contribution in [3.05, 3.63) is 52.5 Å². The number of hydrogen-bond acceptors (Lipinski definition) is 3. The van der Waals surface area contributed by atoms with Crippen LogP contribution >= 0.6 is 23.1 Å². The molecular formula is C12H12FNS2. The Morgan fingerprint density at radius 2 is 2.00 bits per heavy atom. The molecule has 2 rings (SSSR count). The summed E-state index contributed by atoms with van der Waals surface area (Å²) in [4.78, 5) is 1.05. The maximum Gasteiger partial charge on any atom is 0.123 e. The first-order valence-corrected chi connectivity index (χ1v) is 6.84. The highest BCUT2D eigenvalue weighted by Crippen LogP contribution is 2.24. The number of rotatable bonds is 4. The van der Waals surface area contributed by atoms with Gasteiger partial charge in [0.15, 0.2) is 0 Å². The van der Waals surface area contributed by atoms with Crippen LogP contribution in [-0.4, -0.2) is 5.75 Å². The second-order valence-corrected chi connectivity index (χ2v) is 5.30. The van der Waals surface area contributed by atoms with Crippen LogP contribution in [0.4, 0.5) is 4.39 Å². The molecule has 0 spiro atoms. The molecule has 0 radical (unpaired) electrons. The van der Waals surface area contributed by atoms with Crippen LogP contribution in [-0.2, 0) is 0 Å². The zero-order valence-corrected chi connectivity index (χ0v) is 10.2. The molecule has 4 heteroatoms. The maximum atomic E-state index is 12.7. The first-order chi connectivity index (χ1) is 7.75. The van der Waals surface area contributed by atoms with Crippen molar-refractivity contribution >= 4 is 23.1 Å². The standard InChI is InChI=1S/C12H12FNS2/c13-10-1-3-11(4-2-10)16-8-12(14)9-5-6-15-7-9/h1-7,12H,8,14H2. The molecule has 0 amide bonds. The summed E-state index contributed by atoms with van der Waals surface area (Å²) < 4.78 is 12.7. The molecule has 1 aromatic heterocycles. The lowest BCUT2D eigenvalue weighted by molar-refractivity contribution is 0.626. The second kappa shape index (κ2) is 5.48. The summed E-state index contributed by atoms with van der Waals surface area (Å²) in [5, 5.41) is 4.09. The van der Waals surface area contributed by atoms with Gasteiger partial charge in [-0.25, -0.2) is 4.39 Å². The van der Waals surface area contributed by atoms with Crippen LogP contribution < -0.4 is 5.73 Å². The van der Waals surface area contributed by atoms with Crippen LogP contribution in [0.3, 0.4) is 0 Å². The monoisotopic (exact) mass is 253 g/mol. The minimum atomic E-state index is -0.202. The molecule has 84 valence electrons. The molecule has 1 aromatic carbocycles. The van der Waals surface area contributed by atoms with Crippen LogP contribution in [0.25, 0.3) is 0 Å². The quantitative estimate of drug-likeness (QED) is 0.841. The summed E-state index contributed by atoms with van der Waals surface area (Å²) in [6.45, 7) is 0. The van der Waals surface area contributed by atoms with Gasteiger partial charge in [-0.2, -0.15) is 11.3 Å². The summed E-state index contributed by atoms with van der Waals surface area (Å²) in [5.74, 6) is 0.606. The van der Waals surface area contributed by atoms with Crippen molar-refractivity contribution in [2.45, 2.75) is 10.9 Å². The van der Waals surface area contributed by atoms with E-state index in [9.17, 15) is 4.39 Å². The Morgan fingerprint density at radius 3 is 2.62 bits per heavy atom. The van der Waals surface area contributed by atoms with Crippen LogP contribution in [0, 0.1) is 5.82 Å². The Balaban J connectivity index is 1.90. The second-order valence-electron chi connectivity index (χ2n) is 3.43. The highest BCUT2D eigenvalue weighted by atomic mass is 32.2. The summed E-state index contributed by atoms with van der Waals surface area (Å²) in [5.41, 5.74) is 7.20. The van der Waals surface area contributed by atoms with Crippen molar-refractivity contribution in [1.82, 2.24) is 0 Å². The summed E-state index contributed by atoms with van der Waals surface area (Å²) in [7, 11) is 0. The fourth-order valence-corrected chi connectivity index (χ4v) is 2.92. The molecule has 1 heterocycles. The SMILES string of the molecule is NC(CSc1ccc(F)cc1)c1ccsc1. The molecule has 1 nitrogen and oxygen atoms in total. The van der Waals surface area contributed by atoms with Gasteiger partial charge >= 0.3 is 0 Å². The number of halogens is 1. The van der Waals surface area contributed by atoms with E-state index < -0.39 is 0 Å². The van der Waals surface area contributed by atoms with Crippen molar-refractivity contribution in [3.63, 3.8) is 0 Å². The highest BCUT2D eigenvalue weighted by molar-refractivity contribution is 7.99. The average molecular weight is 253 g/mol. The zero-order chi connectivity index (χ0) is 11.4. The molecular weight excluding hydrogens is 241 g/mol. The van der Waals surface area contributed by atoms with E-state index in [1.54, 1.807) is 35.2 Å². The Morgan fingerprint density at radius 1 is 1.25 bits per heavy atom. The minimum Gasteiger partial charge on any atom is -0.323 e. The lowest BCUT2D eigenvalue weighted by atomic mass is 10.2. The molecule has 0 saturated heterocycles. The molecule has 0 bridgehead atoms. The van der Waals surface area contributed by atoms with Crippen LogP contribution in [0.5, 0.6) is 0 Å². The van der Waals surface area contributed by atoms with Crippen molar-refractivity contribution < 1.29 is 4.39 Å². The van der Waals surface area contributed by atoms with Gasteiger partial charge in [-0.1, -0.05) is 0 Å². The molecule has 0 fully saturated rings. The van der Waals surface area contributed by atoms with Crippen molar-refractivity contribution in [2.75, 3.05) is 5.75 Å². The van der Waals surface area contributed by atoms with E-state index in [4.69, 9.17) is 5.73 Å². The van der Waals surface area contributed by atoms with E-state index in [-0.39, 0.29) is 11.9 Å². The molecule has 1 unspecified atom stereocenters. The van der Waals surface area contributed by atoms with Gasteiger partial charge in [0, 0.05) is 16.7 Å². The number of nitrogens with two attached hydrogens (primary N) is 1. The van der Waals surface area contributed by atoms with Crippen molar-refractivity contribution in [3.8, 4) is 0 Å². The fourth-order valence-electron chi connectivity index (χ4n) is 1.30. The predicted octanol–water partition coefficient (Wildman–Crippen LogP) is 3.68. The van der Waals surface area contributed by atoms with Gasteiger partial charge in [-0.15, -0.1) is 11.8 Å². The van der Waals surface area contributed by atoms with Gasteiger partial charge in [-0.3, -0.25) is 0 Å². The minimum absolute atomic E-state index is 0.0429. The Bertz CT molecular complexity index is 425. The zero-order valence-electron chi connectivity index (χ0n) is 8.60. The van der Waals surface area contributed by atoms with E-state index in [1.807, 2.05) is 11.4 Å². The number of hydrogen-bond donors (Lipinski definition) is 1. The van der Waals surface area contributed by atoms with Crippen LogP contribution in [0.1, 0.15) is 11.6 Å². The summed E-state index contributed by atoms with van der Waals surface area (Å²) in [6, 6.07) is 8.58. The molecule has 2 N–H and O–H groups in total. The molecule has 16 heavy (non-hydrogen) atoms. The van der Waals surface area contributed by atoms with E-state index in [0.29, 0.717) is 0 Å². The van der Waals surface area contributed by atoms with Gasteiger partial charge in [0.1, 0.15) is 5.82 Å². The molecule has 0 aliphatic carbocycles. The fraction of sp³-hybridized carbons (Fsp3) is 0.167. The first-order valence-electron chi connectivity index (χ1n) is 4.92. The smallest absolute Gasteiger partial charge is 0.123 e. The van der Waals surface area contributed by atoms with E-state index in [0.717, 1.165) is 10.6 Å². The molecule has 2 aromatic rings. The van der Waals surface area contributed by atoms with E-state index in [2.05, 4.69) is 5.38 Å². The van der Waals surface area contributed by atoms with E-state index in [1.165, 1.54) is 17.7 Å². The highest BCUT2D eigenvalue weighted by Gasteiger charge is 2.06. The topological polar surface area (TPSA) is 26.0 Å². The van der Waals surface area contributed by atoms with Crippen molar-refractivity contribution in [1.29, 1.82) is 0 Å². The van der Waals surface area contributed by atoms with Crippen molar-refractivity contribution in [2.24, 2.45) is 5.73 Å². The third-order valence-corrected chi connectivity index (χ3v) is 4.05. The average Bonchev–Trinajstić information content (AvgIpc) is 2.81. The maximum absolute atomic E-state index is 12.7. The number of thioether (sulfide) groups is 1. The number of benzene rings is 1. The lowest BCUT2D eigenvalue weighted by Gasteiger charge is -2.09. The van der Waals surface area contributed by atoms with Crippen LogP contribution in [0.15, 0.2) is 46.0 Å². The van der Waals surface area contributed by atoms with Gasteiger partial charge in [0.05, 0.1) is 0 Å². The molecule has 1 atom stereocenters. The van der Waals surface area contributed by atoms with Gasteiger partial charge < -0.3 is 5.73 Å². The normalized spacial score (nSPS) is 12.6. The summed E-state index contributed by atoms with van der Waals surface area (Å²) in [6.07, 6.45) is 0. The third-order valence-electron chi connectivity index (χ3n) is 2.21. The predicted molar refractivity (Wildman–Crippen MR) is 68.4 cm³/mol. The summed E-state index contributed by atoms with van der Waals surface area (Å²) >= 11 is 3.30. The Kier molecular flexibility index (Phi) is 3.98. The molecule has 0 saturated carbocycles. The van der Waals surface area contributed by atoms with Crippen LogP contribution in [0.2, 0.25) is 0 Å². The Hall–Kier alpha value is -0.840. The Labute approximate surface area is 102 Å². The van der Waals surface area contributed by atoms with Gasteiger partial charge in [0.25, 0.3) is 0 Å². The lowest BCUT2D eigenvalue weighted by Crippen LogP contribution is -2.11. The molecule has 0 aliphatic heterocycles. The third kappa shape index (κ3) is 3.07. The van der Waals surface area contributed by atoms with Gasteiger partial charge in [0.2, 0.25) is 0 Å². The van der Waals surface area contributed by atoms with Gasteiger partial charge in [-0.05, 0) is 46.7 Å². The number of thiophene rings is 1. The largest absolute Gasteiger partial charge is 0.323 e. The van der Waals surface area contributed by atoms with E-state index >= 15 is 0 Å². The molecule has 0 aliphatic rings.